The van der Waals surface area contributed by atoms with Gasteiger partial charge in [0.2, 0.25) is 0 Å². The number of methoxy groups -OCH3 is 1. The number of nitrogens with zero attached hydrogens (tertiary/aromatic N) is 1. The molecule has 0 aromatic rings. The summed E-state index contributed by atoms with van der Waals surface area (Å²) in [5, 5.41) is 0. The van der Waals surface area contributed by atoms with Crippen molar-refractivity contribution >= 4 is 5.97 Å². The summed E-state index contributed by atoms with van der Waals surface area (Å²) in [6, 6.07) is 0.950. The molecule has 100 valence electrons. The molecule has 1 aliphatic carbocycles. The predicted octanol–water partition coefficient (Wildman–Crippen LogP) is 1.53. The van der Waals surface area contributed by atoms with Gasteiger partial charge in [0, 0.05) is 12.1 Å². The van der Waals surface area contributed by atoms with Crippen molar-refractivity contribution in [1.82, 2.24) is 4.90 Å². The lowest BCUT2D eigenvalue weighted by Crippen LogP contribution is -2.48. The van der Waals surface area contributed by atoms with Gasteiger partial charge in [0.25, 0.3) is 0 Å². The Hall–Kier alpha value is -0.610. The summed E-state index contributed by atoms with van der Waals surface area (Å²) >= 11 is 0. The van der Waals surface area contributed by atoms with Crippen LogP contribution < -0.4 is 5.73 Å². The van der Waals surface area contributed by atoms with E-state index in [-0.39, 0.29) is 5.97 Å². The molecule has 0 heterocycles. The first-order valence-electron chi connectivity index (χ1n) is 6.54. The minimum atomic E-state index is -0.764. The maximum Gasteiger partial charge on any atom is 0.325 e. The molecular weight excluding hydrogens is 216 g/mol. The summed E-state index contributed by atoms with van der Waals surface area (Å²) in [6.07, 6.45) is 4.79. The fourth-order valence-electron chi connectivity index (χ4n) is 2.77. The van der Waals surface area contributed by atoms with E-state index in [1.54, 1.807) is 0 Å². The first-order valence-corrected chi connectivity index (χ1v) is 6.54. The highest BCUT2D eigenvalue weighted by Crippen LogP contribution is 2.32. The summed E-state index contributed by atoms with van der Waals surface area (Å²) in [6.45, 7) is 4.43. The summed E-state index contributed by atoms with van der Waals surface area (Å²) in [4.78, 5) is 14.0. The minimum absolute atomic E-state index is 0.267. The van der Waals surface area contributed by atoms with Crippen LogP contribution in [-0.4, -0.2) is 42.6 Å². The van der Waals surface area contributed by atoms with E-state index >= 15 is 0 Å². The highest BCUT2D eigenvalue weighted by molar-refractivity contribution is 5.81. The summed E-state index contributed by atoms with van der Waals surface area (Å²) in [5.74, 6) is -0.267. The Bertz CT molecular complexity index is 270. The van der Waals surface area contributed by atoms with Crippen LogP contribution in [-0.2, 0) is 9.53 Å². The number of carbonyl (C=O) groups is 1. The van der Waals surface area contributed by atoms with Crippen molar-refractivity contribution < 1.29 is 9.53 Å². The quantitative estimate of drug-likeness (QED) is 0.743. The standard InChI is InChI=1S/C13H26N2O2/c1-5-6-10(2)15(3)11-7-8-13(14,9-11)12(16)17-4/h10-11H,5-9,14H2,1-4H3. The third kappa shape index (κ3) is 3.19. The van der Waals surface area contributed by atoms with E-state index in [0.717, 1.165) is 12.8 Å². The average molecular weight is 242 g/mol. The van der Waals surface area contributed by atoms with Gasteiger partial charge < -0.3 is 15.4 Å². The maximum atomic E-state index is 11.6. The van der Waals surface area contributed by atoms with E-state index in [1.807, 2.05) is 0 Å². The van der Waals surface area contributed by atoms with Crippen LogP contribution in [0.1, 0.15) is 46.0 Å². The average Bonchev–Trinajstić information content (AvgIpc) is 2.71. The SMILES string of the molecule is CCCC(C)N(C)C1CCC(N)(C(=O)OC)C1. The van der Waals surface area contributed by atoms with E-state index < -0.39 is 5.54 Å². The van der Waals surface area contributed by atoms with Gasteiger partial charge in [-0.1, -0.05) is 13.3 Å². The van der Waals surface area contributed by atoms with Crippen molar-refractivity contribution in [3.8, 4) is 0 Å². The van der Waals surface area contributed by atoms with Crippen molar-refractivity contribution in [3.05, 3.63) is 0 Å². The fraction of sp³-hybridized carbons (Fsp3) is 0.923. The number of ether oxygens (including phenoxy) is 1. The molecule has 4 nitrogen and oxygen atoms in total. The predicted molar refractivity (Wildman–Crippen MR) is 68.7 cm³/mol. The molecule has 1 aliphatic rings. The van der Waals surface area contributed by atoms with Gasteiger partial charge in [-0.15, -0.1) is 0 Å². The van der Waals surface area contributed by atoms with Gasteiger partial charge in [-0.3, -0.25) is 4.79 Å². The molecule has 1 rings (SSSR count). The van der Waals surface area contributed by atoms with Gasteiger partial charge in [0.1, 0.15) is 5.54 Å². The van der Waals surface area contributed by atoms with Crippen LogP contribution in [0.15, 0.2) is 0 Å². The molecule has 1 saturated carbocycles. The summed E-state index contributed by atoms with van der Waals surface area (Å²) in [5.41, 5.74) is 5.35. The Morgan fingerprint density at radius 3 is 2.82 bits per heavy atom. The number of esters is 1. The normalized spacial score (nSPS) is 30.6. The highest BCUT2D eigenvalue weighted by atomic mass is 16.5. The lowest BCUT2D eigenvalue weighted by atomic mass is 9.99. The van der Waals surface area contributed by atoms with Crippen molar-refractivity contribution in [1.29, 1.82) is 0 Å². The van der Waals surface area contributed by atoms with Gasteiger partial charge >= 0.3 is 5.97 Å². The van der Waals surface area contributed by atoms with Crippen molar-refractivity contribution in [2.75, 3.05) is 14.2 Å². The molecule has 0 aromatic heterocycles. The molecule has 0 amide bonds. The summed E-state index contributed by atoms with van der Waals surface area (Å²) < 4.78 is 4.79. The Morgan fingerprint density at radius 1 is 1.65 bits per heavy atom. The van der Waals surface area contributed by atoms with Crippen LogP contribution in [0.3, 0.4) is 0 Å². The molecule has 4 heteroatoms. The van der Waals surface area contributed by atoms with Crippen LogP contribution in [0.5, 0.6) is 0 Å². The van der Waals surface area contributed by atoms with E-state index in [9.17, 15) is 4.79 Å². The molecular formula is C13H26N2O2. The van der Waals surface area contributed by atoms with Crippen molar-refractivity contribution in [2.45, 2.75) is 63.6 Å². The first-order chi connectivity index (χ1) is 7.94. The molecule has 0 bridgehead atoms. The van der Waals surface area contributed by atoms with E-state index in [4.69, 9.17) is 10.5 Å². The third-order valence-electron chi connectivity index (χ3n) is 4.09. The van der Waals surface area contributed by atoms with Crippen LogP contribution in [0.2, 0.25) is 0 Å². The van der Waals surface area contributed by atoms with Crippen molar-refractivity contribution in [2.24, 2.45) is 5.73 Å². The van der Waals surface area contributed by atoms with E-state index in [1.165, 1.54) is 20.0 Å². The monoisotopic (exact) mass is 242 g/mol. The summed E-state index contributed by atoms with van der Waals surface area (Å²) in [7, 11) is 3.54. The lowest BCUT2D eigenvalue weighted by molar-refractivity contribution is -0.147. The van der Waals surface area contributed by atoms with Gasteiger partial charge in [-0.25, -0.2) is 0 Å². The molecule has 0 aliphatic heterocycles. The number of rotatable bonds is 5. The van der Waals surface area contributed by atoms with E-state index in [0.29, 0.717) is 18.5 Å². The number of nitrogens with two attached hydrogens (primary N) is 1. The molecule has 17 heavy (non-hydrogen) atoms. The largest absolute Gasteiger partial charge is 0.468 e. The van der Waals surface area contributed by atoms with Gasteiger partial charge in [-0.2, -0.15) is 0 Å². The molecule has 0 spiro atoms. The smallest absolute Gasteiger partial charge is 0.325 e. The Morgan fingerprint density at radius 2 is 2.29 bits per heavy atom. The molecule has 3 atom stereocenters. The topological polar surface area (TPSA) is 55.6 Å². The second kappa shape index (κ2) is 5.83. The van der Waals surface area contributed by atoms with Gasteiger partial charge in [0.05, 0.1) is 7.11 Å². The zero-order valence-electron chi connectivity index (χ0n) is 11.5. The third-order valence-corrected chi connectivity index (χ3v) is 4.09. The zero-order valence-corrected chi connectivity index (χ0v) is 11.5. The van der Waals surface area contributed by atoms with Crippen molar-refractivity contribution in [3.63, 3.8) is 0 Å². The van der Waals surface area contributed by atoms with Gasteiger partial charge in [0.15, 0.2) is 0 Å². The van der Waals surface area contributed by atoms with E-state index in [2.05, 4.69) is 25.8 Å². The maximum absolute atomic E-state index is 11.6. The minimum Gasteiger partial charge on any atom is -0.468 e. The number of hydrogen-bond donors (Lipinski definition) is 1. The van der Waals surface area contributed by atoms with Gasteiger partial charge in [-0.05, 0) is 39.7 Å². The Balaban J connectivity index is 2.57. The van der Waals surface area contributed by atoms with Crippen LogP contribution in [0.25, 0.3) is 0 Å². The van der Waals surface area contributed by atoms with Crippen LogP contribution >= 0.6 is 0 Å². The second-order valence-corrected chi connectivity index (χ2v) is 5.35. The number of carbonyl (C=O) groups excluding carboxylic acids is 1. The first kappa shape index (κ1) is 14.5. The number of hydrogen-bond acceptors (Lipinski definition) is 4. The second-order valence-electron chi connectivity index (χ2n) is 5.35. The molecule has 0 saturated heterocycles. The zero-order chi connectivity index (χ0) is 13.1. The molecule has 1 fully saturated rings. The molecule has 0 aromatic carbocycles. The lowest BCUT2D eigenvalue weighted by Gasteiger charge is -2.31. The highest BCUT2D eigenvalue weighted by Gasteiger charge is 2.44. The Kier molecular flexibility index (Phi) is 4.95. The van der Waals surface area contributed by atoms with Crippen LogP contribution in [0, 0.1) is 0 Å². The molecule has 0 radical (unpaired) electrons. The fourth-order valence-corrected chi connectivity index (χ4v) is 2.77. The molecule has 3 unspecified atom stereocenters. The molecule has 2 N–H and O–H groups in total. The van der Waals surface area contributed by atoms with Crippen LogP contribution in [0.4, 0.5) is 0 Å². The Labute approximate surface area is 104 Å².